The van der Waals surface area contributed by atoms with Crippen LogP contribution in [0.4, 0.5) is 5.69 Å². The van der Waals surface area contributed by atoms with Gasteiger partial charge >= 0.3 is 0 Å². The molecular formula is C27H46N2O2S. The van der Waals surface area contributed by atoms with Crippen LogP contribution in [0.1, 0.15) is 90.5 Å². The number of rotatable bonds is 10. The van der Waals surface area contributed by atoms with E-state index in [1.807, 2.05) is 0 Å². The Morgan fingerprint density at radius 3 is 2.03 bits per heavy atom. The van der Waals surface area contributed by atoms with Gasteiger partial charge < -0.3 is 4.90 Å². The molecule has 3 rings (SSSR count). The van der Waals surface area contributed by atoms with Crippen LogP contribution in [0.15, 0.2) is 24.3 Å². The van der Waals surface area contributed by atoms with E-state index in [2.05, 4.69) is 34.1 Å². The molecule has 5 heteroatoms. The highest BCUT2D eigenvalue weighted by molar-refractivity contribution is 7.92. The Bertz CT molecular complexity index is 769. The Hall–Kier alpha value is -1.07. The predicted octanol–water partition coefficient (Wildman–Crippen LogP) is 5.85. The van der Waals surface area contributed by atoms with Crippen molar-refractivity contribution in [1.29, 1.82) is 0 Å². The molecule has 0 N–H and O–H groups in total. The van der Waals surface area contributed by atoms with Gasteiger partial charge in [-0.15, -0.1) is 0 Å². The molecule has 2 aliphatic rings. The zero-order valence-electron chi connectivity index (χ0n) is 20.8. The van der Waals surface area contributed by atoms with Crippen molar-refractivity contribution in [2.24, 2.45) is 0 Å². The highest BCUT2D eigenvalue weighted by Crippen LogP contribution is 2.25. The monoisotopic (exact) mass is 462 g/mol. The van der Waals surface area contributed by atoms with Crippen LogP contribution in [-0.2, 0) is 16.3 Å². The zero-order valence-corrected chi connectivity index (χ0v) is 21.6. The van der Waals surface area contributed by atoms with Crippen LogP contribution in [0.25, 0.3) is 0 Å². The van der Waals surface area contributed by atoms with Crippen LogP contribution >= 0.6 is 0 Å². The Balaban J connectivity index is 1.30. The minimum atomic E-state index is -2.96. The Labute approximate surface area is 197 Å². The number of anilines is 1. The first kappa shape index (κ1) is 25.6. The number of aryl methyl sites for hydroxylation is 1. The third kappa shape index (κ3) is 7.48. The normalized spacial score (nSPS) is 19.4. The van der Waals surface area contributed by atoms with E-state index >= 15 is 0 Å². The molecule has 0 radical (unpaired) electrons. The standard InChI is InChI=1S/C27H46N2O2S/c1-27(2,3)32(30,31)23-11-6-4-5-8-12-24-15-17-26(18-16-24)29-21-19-28(20-22-29)25-13-9-7-10-14-25/h15-18,25H,4-14,19-23H2,1-3H3. The number of hydrogen-bond donors (Lipinski definition) is 0. The number of piperazine rings is 1. The molecule has 0 amide bonds. The molecule has 0 spiro atoms. The number of sulfone groups is 1. The van der Waals surface area contributed by atoms with Crippen molar-refractivity contribution in [3.05, 3.63) is 29.8 Å². The molecule has 1 aliphatic carbocycles. The lowest BCUT2D eigenvalue weighted by atomic mass is 9.94. The van der Waals surface area contributed by atoms with E-state index in [-0.39, 0.29) is 0 Å². The molecule has 2 fully saturated rings. The van der Waals surface area contributed by atoms with Gasteiger partial charge in [-0.25, -0.2) is 8.42 Å². The largest absolute Gasteiger partial charge is 0.369 e. The quantitative estimate of drug-likeness (QED) is 0.409. The summed E-state index contributed by atoms with van der Waals surface area (Å²) in [6, 6.07) is 10.1. The highest BCUT2D eigenvalue weighted by atomic mass is 32.2. The number of benzene rings is 1. The number of nitrogens with zero attached hydrogens (tertiary/aromatic N) is 2. The molecule has 1 aliphatic heterocycles. The van der Waals surface area contributed by atoms with Gasteiger partial charge in [0.1, 0.15) is 0 Å². The fourth-order valence-electron chi connectivity index (χ4n) is 5.12. The molecule has 1 saturated carbocycles. The number of hydrogen-bond acceptors (Lipinski definition) is 4. The van der Waals surface area contributed by atoms with Crippen LogP contribution in [-0.4, -0.2) is 56.0 Å². The summed E-state index contributed by atoms with van der Waals surface area (Å²) in [7, 11) is -2.96. The maximum absolute atomic E-state index is 12.2. The lowest BCUT2D eigenvalue weighted by molar-refractivity contribution is 0.148. The molecule has 182 valence electrons. The lowest BCUT2D eigenvalue weighted by Gasteiger charge is -2.41. The van der Waals surface area contributed by atoms with Crippen molar-refractivity contribution in [3.8, 4) is 0 Å². The van der Waals surface area contributed by atoms with Crippen LogP contribution < -0.4 is 4.90 Å². The van der Waals surface area contributed by atoms with Gasteiger partial charge in [-0.3, -0.25) is 4.90 Å². The average Bonchev–Trinajstić information content (AvgIpc) is 2.79. The van der Waals surface area contributed by atoms with Crippen LogP contribution in [0.5, 0.6) is 0 Å². The topological polar surface area (TPSA) is 40.6 Å². The Morgan fingerprint density at radius 1 is 0.812 bits per heavy atom. The van der Waals surface area contributed by atoms with Gasteiger partial charge in [-0.2, -0.15) is 0 Å². The fourth-order valence-corrected chi connectivity index (χ4v) is 6.32. The Morgan fingerprint density at radius 2 is 1.41 bits per heavy atom. The first-order valence-electron chi connectivity index (χ1n) is 13.1. The maximum atomic E-state index is 12.2. The van der Waals surface area contributed by atoms with Gasteiger partial charge in [0.05, 0.1) is 10.5 Å². The van der Waals surface area contributed by atoms with E-state index in [1.165, 1.54) is 69.3 Å². The van der Waals surface area contributed by atoms with E-state index in [4.69, 9.17) is 0 Å². The first-order chi connectivity index (χ1) is 15.3. The third-order valence-corrected chi connectivity index (χ3v) is 10.2. The first-order valence-corrected chi connectivity index (χ1v) is 14.7. The lowest BCUT2D eigenvalue weighted by Crippen LogP contribution is -2.50. The van der Waals surface area contributed by atoms with Gasteiger partial charge in [-0.1, -0.05) is 50.7 Å². The second-order valence-corrected chi connectivity index (χ2v) is 13.8. The van der Waals surface area contributed by atoms with Crippen molar-refractivity contribution >= 4 is 15.5 Å². The molecule has 0 atom stereocenters. The van der Waals surface area contributed by atoms with Crippen LogP contribution in [0.3, 0.4) is 0 Å². The molecule has 4 nitrogen and oxygen atoms in total. The van der Waals surface area contributed by atoms with Crippen LogP contribution in [0, 0.1) is 0 Å². The van der Waals surface area contributed by atoms with Crippen molar-refractivity contribution in [2.45, 2.75) is 102 Å². The summed E-state index contributed by atoms with van der Waals surface area (Å²) in [6.45, 7) is 10.1. The molecule has 1 saturated heterocycles. The summed E-state index contributed by atoms with van der Waals surface area (Å²) in [5.41, 5.74) is 2.79. The van der Waals surface area contributed by atoms with E-state index in [0.717, 1.165) is 44.8 Å². The molecule has 32 heavy (non-hydrogen) atoms. The van der Waals surface area contributed by atoms with Crippen molar-refractivity contribution in [1.82, 2.24) is 4.90 Å². The van der Waals surface area contributed by atoms with Gasteiger partial charge in [0, 0.05) is 37.9 Å². The second kappa shape index (κ2) is 11.9. The van der Waals surface area contributed by atoms with Gasteiger partial charge in [-0.05, 0) is 70.6 Å². The highest BCUT2D eigenvalue weighted by Gasteiger charge is 2.28. The molecular weight excluding hydrogens is 416 g/mol. The van der Waals surface area contributed by atoms with Crippen molar-refractivity contribution < 1.29 is 8.42 Å². The summed E-state index contributed by atoms with van der Waals surface area (Å²) < 4.78 is 23.7. The number of unbranched alkanes of at least 4 members (excludes halogenated alkanes) is 4. The molecule has 0 bridgehead atoms. The molecule has 1 aromatic carbocycles. The van der Waals surface area contributed by atoms with E-state index in [0.29, 0.717) is 5.75 Å². The van der Waals surface area contributed by atoms with E-state index in [1.54, 1.807) is 20.8 Å². The predicted molar refractivity (Wildman–Crippen MR) is 137 cm³/mol. The van der Waals surface area contributed by atoms with E-state index < -0.39 is 14.6 Å². The third-order valence-electron chi connectivity index (χ3n) is 7.52. The summed E-state index contributed by atoms with van der Waals surface area (Å²) >= 11 is 0. The molecule has 0 unspecified atom stereocenters. The SMILES string of the molecule is CC(C)(C)S(=O)(=O)CCCCCCCc1ccc(N2CCN(C3CCCCC3)CC2)cc1. The molecule has 0 aromatic heterocycles. The summed E-state index contributed by atoms with van der Waals surface area (Å²) in [5.74, 6) is 0.326. The van der Waals surface area contributed by atoms with Crippen molar-refractivity contribution in [3.63, 3.8) is 0 Å². The molecule has 1 heterocycles. The summed E-state index contributed by atoms with van der Waals surface area (Å²) in [4.78, 5) is 5.29. The van der Waals surface area contributed by atoms with Crippen molar-refractivity contribution in [2.75, 3.05) is 36.8 Å². The van der Waals surface area contributed by atoms with Gasteiger partial charge in [0.25, 0.3) is 0 Å². The second-order valence-electron chi connectivity index (χ2n) is 10.9. The fraction of sp³-hybridized carbons (Fsp3) is 0.778. The average molecular weight is 463 g/mol. The minimum absolute atomic E-state index is 0.326. The maximum Gasteiger partial charge on any atom is 0.155 e. The summed E-state index contributed by atoms with van der Waals surface area (Å²) in [6.07, 6.45) is 13.5. The van der Waals surface area contributed by atoms with Gasteiger partial charge in [0.15, 0.2) is 9.84 Å². The smallest absolute Gasteiger partial charge is 0.155 e. The zero-order chi connectivity index (χ0) is 23.0. The minimum Gasteiger partial charge on any atom is -0.369 e. The van der Waals surface area contributed by atoms with Crippen LogP contribution in [0.2, 0.25) is 0 Å². The summed E-state index contributed by atoms with van der Waals surface area (Å²) in [5, 5.41) is 0. The van der Waals surface area contributed by atoms with E-state index in [9.17, 15) is 8.42 Å². The Kier molecular flexibility index (Phi) is 9.48. The van der Waals surface area contributed by atoms with Gasteiger partial charge in [0.2, 0.25) is 0 Å². The molecule has 1 aromatic rings.